The van der Waals surface area contributed by atoms with Crippen LogP contribution in [-0.4, -0.2) is 29.6 Å². The first-order valence-corrected chi connectivity index (χ1v) is 7.14. The largest absolute Gasteiger partial charge is 0.264 e. The molecule has 0 aliphatic rings. The molecule has 0 atom stereocenters. The molecule has 3 rings (SSSR count). The van der Waals surface area contributed by atoms with Crippen LogP contribution in [0.3, 0.4) is 0 Å². The molecule has 0 aliphatic carbocycles. The summed E-state index contributed by atoms with van der Waals surface area (Å²) in [4.78, 5) is 0.780. The van der Waals surface area contributed by atoms with E-state index in [0.29, 0.717) is 10.9 Å². The fourth-order valence-electron chi connectivity index (χ4n) is 1.90. The molecule has 3 aromatic rings. The quantitative estimate of drug-likeness (QED) is 0.745. The summed E-state index contributed by atoms with van der Waals surface area (Å²) < 4.78 is 3.51. The molecule has 0 spiro atoms. The highest BCUT2D eigenvalue weighted by molar-refractivity contribution is 7.19. The third-order valence-electron chi connectivity index (χ3n) is 2.74. The summed E-state index contributed by atoms with van der Waals surface area (Å²) in [6.07, 6.45) is 2.47. The van der Waals surface area contributed by atoms with Gasteiger partial charge in [0.15, 0.2) is 10.8 Å². The molecule has 3 heterocycles. The van der Waals surface area contributed by atoms with Crippen molar-refractivity contribution in [3.8, 4) is 10.7 Å². The van der Waals surface area contributed by atoms with Crippen molar-refractivity contribution in [3.05, 3.63) is 17.0 Å². The lowest BCUT2D eigenvalue weighted by Crippen LogP contribution is -2.02. The topological polar surface area (TPSA) is 60.9 Å². The van der Waals surface area contributed by atoms with E-state index in [1.165, 1.54) is 11.3 Å². The number of aromatic nitrogens is 6. The van der Waals surface area contributed by atoms with Gasteiger partial charge < -0.3 is 0 Å². The van der Waals surface area contributed by atoms with Gasteiger partial charge in [-0.2, -0.15) is 14.7 Å². The molecule has 0 amide bonds. The van der Waals surface area contributed by atoms with Crippen LogP contribution < -0.4 is 0 Å². The van der Waals surface area contributed by atoms with Crippen LogP contribution in [0.5, 0.6) is 0 Å². The summed E-state index contributed by atoms with van der Waals surface area (Å²) in [6, 6.07) is 0. The summed E-state index contributed by atoms with van der Waals surface area (Å²) in [5, 5.41) is 18.4. The van der Waals surface area contributed by atoms with E-state index in [1.807, 2.05) is 7.05 Å². The van der Waals surface area contributed by atoms with E-state index < -0.39 is 0 Å². The fourth-order valence-corrected chi connectivity index (χ4v) is 3.16. The van der Waals surface area contributed by atoms with Crippen LogP contribution in [0.2, 0.25) is 5.02 Å². The Morgan fingerprint density at radius 1 is 1.37 bits per heavy atom. The van der Waals surface area contributed by atoms with Gasteiger partial charge in [0.1, 0.15) is 5.69 Å². The average Bonchev–Trinajstić information content (AvgIpc) is 2.96. The van der Waals surface area contributed by atoms with Gasteiger partial charge in [-0.3, -0.25) is 4.68 Å². The zero-order valence-electron chi connectivity index (χ0n) is 10.8. The van der Waals surface area contributed by atoms with E-state index >= 15 is 0 Å². The first-order valence-electron chi connectivity index (χ1n) is 5.95. The maximum atomic E-state index is 6.14. The molecular formula is C11H13ClN6S. The Morgan fingerprint density at radius 2 is 2.16 bits per heavy atom. The van der Waals surface area contributed by atoms with Crippen molar-refractivity contribution in [2.75, 3.05) is 0 Å². The molecule has 100 valence electrons. The molecule has 0 unspecified atom stereocenters. The van der Waals surface area contributed by atoms with Crippen molar-refractivity contribution in [1.82, 2.24) is 29.6 Å². The van der Waals surface area contributed by atoms with Gasteiger partial charge in [0.25, 0.3) is 0 Å². The fraction of sp³-hybridized carbons (Fsp3) is 0.455. The van der Waals surface area contributed by atoms with Gasteiger partial charge in [0.05, 0.1) is 11.2 Å². The van der Waals surface area contributed by atoms with Gasteiger partial charge in [-0.1, -0.05) is 36.8 Å². The second-order valence-electron chi connectivity index (χ2n) is 4.78. The summed E-state index contributed by atoms with van der Waals surface area (Å²) >= 11 is 7.60. The maximum absolute atomic E-state index is 6.14. The van der Waals surface area contributed by atoms with Gasteiger partial charge in [-0.15, -0.1) is 10.2 Å². The van der Waals surface area contributed by atoms with Gasteiger partial charge in [-0.05, 0) is 5.92 Å². The molecule has 3 aromatic heterocycles. The third-order valence-corrected chi connectivity index (χ3v) is 3.93. The SMILES string of the molecule is CC(C)Cc1nnc2sc(-c3c(Cl)cnn3C)nn12. The van der Waals surface area contributed by atoms with Crippen LogP contribution >= 0.6 is 22.9 Å². The van der Waals surface area contributed by atoms with E-state index in [0.717, 1.165) is 27.9 Å². The first kappa shape index (κ1) is 12.6. The number of hydrogen-bond donors (Lipinski definition) is 0. The van der Waals surface area contributed by atoms with Crippen molar-refractivity contribution in [1.29, 1.82) is 0 Å². The molecule has 0 N–H and O–H groups in total. The minimum Gasteiger partial charge on any atom is -0.264 e. The average molecular weight is 297 g/mol. The Hall–Kier alpha value is -1.47. The van der Waals surface area contributed by atoms with Gasteiger partial charge in [0, 0.05) is 13.5 Å². The Labute approximate surface area is 119 Å². The molecule has 19 heavy (non-hydrogen) atoms. The minimum absolute atomic E-state index is 0.512. The molecule has 0 saturated carbocycles. The predicted octanol–water partition coefficient (Wildman–Crippen LogP) is 2.44. The molecule has 8 heteroatoms. The molecule has 0 aromatic carbocycles. The second-order valence-corrected chi connectivity index (χ2v) is 6.14. The van der Waals surface area contributed by atoms with Crippen LogP contribution in [0.1, 0.15) is 19.7 Å². The zero-order valence-corrected chi connectivity index (χ0v) is 12.4. The lowest BCUT2D eigenvalue weighted by atomic mass is 10.1. The highest BCUT2D eigenvalue weighted by atomic mass is 35.5. The summed E-state index contributed by atoms with van der Waals surface area (Å²) in [6.45, 7) is 4.29. The van der Waals surface area contributed by atoms with Crippen molar-refractivity contribution in [3.63, 3.8) is 0 Å². The molecular weight excluding hydrogens is 284 g/mol. The summed E-state index contributed by atoms with van der Waals surface area (Å²) in [5.41, 5.74) is 0.813. The Morgan fingerprint density at radius 3 is 2.79 bits per heavy atom. The third kappa shape index (κ3) is 2.12. The minimum atomic E-state index is 0.512. The zero-order chi connectivity index (χ0) is 13.6. The molecule has 0 saturated heterocycles. The monoisotopic (exact) mass is 296 g/mol. The normalized spacial score (nSPS) is 11.8. The summed E-state index contributed by atoms with van der Waals surface area (Å²) in [7, 11) is 1.85. The predicted molar refractivity (Wildman–Crippen MR) is 74.4 cm³/mol. The second kappa shape index (κ2) is 4.57. The smallest absolute Gasteiger partial charge is 0.235 e. The maximum Gasteiger partial charge on any atom is 0.235 e. The number of hydrogen-bond acceptors (Lipinski definition) is 5. The van der Waals surface area contributed by atoms with Crippen molar-refractivity contribution in [2.24, 2.45) is 13.0 Å². The van der Waals surface area contributed by atoms with Gasteiger partial charge in [-0.25, -0.2) is 0 Å². The molecule has 0 fully saturated rings. The standard InChI is InChI=1S/C11H13ClN6S/c1-6(2)4-8-14-15-11-18(8)16-10(19-11)9-7(12)5-13-17(9)3/h5-6H,4H2,1-3H3. The van der Waals surface area contributed by atoms with Gasteiger partial charge in [0.2, 0.25) is 4.96 Å². The Bertz CT molecular complexity index is 705. The lowest BCUT2D eigenvalue weighted by Gasteiger charge is -2.00. The Kier molecular flexibility index (Phi) is 3.02. The van der Waals surface area contributed by atoms with E-state index in [9.17, 15) is 0 Å². The molecule has 0 radical (unpaired) electrons. The molecule has 0 bridgehead atoms. The van der Waals surface area contributed by atoms with Crippen LogP contribution in [0.25, 0.3) is 15.7 Å². The molecule has 0 aliphatic heterocycles. The lowest BCUT2D eigenvalue weighted by molar-refractivity contribution is 0.607. The first-order chi connectivity index (χ1) is 9.06. The van der Waals surface area contributed by atoms with E-state index in [1.54, 1.807) is 15.4 Å². The van der Waals surface area contributed by atoms with E-state index in [-0.39, 0.29) is 0 Å². The van der Waals surface area contributed by atoms with Gasteiger partial charge >= 0.3 is 0 Å². The van der Waals surface area contributed by atoms with E-state index in [4.69, 9.17) is 11.6 Å². The van der Waals surface area contributed by atoms with Crippen molar-refractivity contribution < 1.29 is 0 Å². The summed E-state index contributed by atoms with van der Waals surface area (Å²) in [5.74, 6) is 1.39. The molecule has 6 nitrogen and oxygen atoms in total. The van der Waals surface area contributed by atoms with Crippen LogP contribution in [-0.2, 0) is 13.5 Å². The van der Waals surface area contributed by atoms with Crippen LogP contribution in [0, 0.1) is 5.92 Å². The number of halogens is 1. The van der Waals surface area contributed by atoms with E-state index in [2.05, 4.69) is 34.2 Å². The highest BCUT2D eigenvalue weighted by Gasteiger charge is 2.18. The van der Waals surface area contributed by atoms with Crippen LogP contribution in [0.4, 0.5) is 0 Å². The highest BCUT2D eigenvalue weighted by Crippen LogP contribution is 2.30. The number of aryl methyl sites for hydroxylation is 1. The number of rotatable bonds is 3. The Balaban J connectivity index is 2.10. The number of fused-ring (bicyclic) bond motifs is 1. The van der Waals surface area contributed by atoms with Crippen LogP contribution in [0.15, 0.2) is 6.20 Å². The van der Waals surface area contributed by atoms with Crippen molar-refractivity contribution >= 4 is 27.9 Å². The van der Waals surface area contributed by atoms with Crippen molar-refractivity contribution in [2.45, 2.75) is 20.3 Å². The number of nitrogens with zero attached hydrogens (tertiary/aromatic N) is 6.